The second kappa shape index (κ2) is 8.66. The third kappa shape index (κ3) is 5.49. The van der Waals surface area contributed by atoms with Crippen molar-refractivity contribution < 1.29 is 9.53 Å². The van der Waals surface area contributed by atoms with Crippen molar-refractivity contribution in [2.75, 3.05) is 19.8 Å². The fourth-order valence-corrected chi connectivity index (χ4v) is 2.21. The number of hydrogen-bond donors (Lipinski definition) is 1. The maximum absolute atomic E-state index is 11.9. The minimum absolute atomic E-state index is 0.0759. The molecule has 0 atom stereocenters. The molecular formula is C13H15BrINO2. The van der Waals surface area contributed by atoms with Gasteiger partial charge in [0.1, 0.15) is 0 Å². The van der Waals surface area contributed by atoms with Crippen LogP contribution in [0.5, 0.6) is 0 Å². The number of carbonyl (C=O) groups is 1. The standard InChI is InChI=1S/C13H15BrINO2/c1-2-3-7-18-8-6-16-13(17)11-9-10(14)4-5-12(11)15/h2,4-5,9H,1,3,6-8H2,(H,16,17). The van der Waals surface area contributed by atoms with Gasteiger partial charge in [-0.05, 0) is 47.2 Å². The van der Waals surface area contributed by atoms with Gasteiger partial charge >= 0.3 is 0 Å². The Balaban J connectivity index is 2.36. The van der Waals surface area contributed by atoms with E-state index < -0.39 is 0 Å². The van der Waals surface area contributed by atoms with Crippen LogP contribution in [0.2, 0.25) is 0 Å². The van der Waals surface area contributed by atoms with Crippen molar-refractivity contribution in [2.24, 2.45) is 0 Å². The number of nitrogens with one attached hydrogen (secondary N) is 1. The summed E-state index contributed by atoms with van der Waals surface area (Å²) in [5.41, 5.74) is 0.677. The predicted octanol–water partition coefficient (Wildman–Crippen LogP) is 3.38. The maximum atomic E-state index is 11.9. The number of halogens is 2. The van der Waals surface area contributed by atoms with E-state index in [0.717, 1.165) is 14.5 Å². The number of benzene rings is 1. The summed E-state index contributed by atoms with van der Waals surface area (Å²) in [6, 6.07) is 5.63. The normalized spacial score (nSPS) is 10.1. The molecule has 1 aromatic carbocycles. The molecule has 0 spiro atoms. The van der Waals surface area contributed by atoms with Gasteiger partial charge in [0, 0.05) is 14.6 Å². The van der Waals surface area contributed by atoms with Crippen molar-refractivity contribution in [3.05, 3.63) is 44.5 Å². The second-order valence-corrected chi connectivity index (χ2v) is 5.65. The Bertz CT molecular complexity index is 423. The van der Waals surface area contributed by atoms with Crippen LogP contribution in [0.4, 0.5) is 0 Å². The molecule has 0 aliphatic heterocycles. The number of amides is 1. The Morgan fingerprint density at radius 2 is 2.28 bits per heavy atom. The van der Waals surface area contributed by atoms with E-state index in [2.05, 4.69) is 50.4 Å². The molecule has 0 saturated carbocycles. The molecule has 0 radical (unpaired) electrons. The van der Waals surface area contributed by atoms with Crippen LogP contribution in [-0.2, 0) is 4.74 Å². The highest BCUT2D eigenvalue weighted by molar-refractivity contribution is 14.1. The minimum atomic E-state index is -0.0759. The molecule has 3 nitrogen and oxygen atoms in total. The summed E-state index contributed by atoms with van der Waals surface area (Å²) in [4.78, 5) is 11.9. The smallest absolute Gasteiger partial charge is 0.252 e. The summed E-state index contributed by atoms with van der Waals surface area (Å²) in [6.07, 6.45) is 2.64. The van der Waals surface area contributed by atoms with Gasteiger partial charge in [0.25, 0.3) is 5.91 Å². The monoisotopic (exact) mass is 423 g/mol. The SMILES string of the molecule is C=CCCOCCNC(=O)c1cc(Br)ccc1I. The van der Waals surface area contributed by atoms with Gasteiger partial charge in [-0.15, -0.1) is 6.58 Å². The summed E-state index contributed by atoms with van der Waals surface area (Å²) in [6.45, 7) is 5.29. The van der Waals surface area contributed by atoms with Gasteiger partial charge in [-0.25, -0.2) is 0 Å². The van der Waals surface area contributed by atoms with Crippen LogP contribution < -0.4 is 5.32 Å². The molecule has 0 unspecified atom stereocenters. The van der Waals surface area contributed by atoms with Crippen LogP contribution in [-0.4, -0.2) is 25.7 Å². The topological polar surface area (TPSA) is 38.3 Å². The predicted molar refractivity (Wildman–Crippen MR) is 84.8 cm³/mol. The second-order valence-electron chi connectivity index (χ2n) is 3.57. The lowest BCUT2D eigenvalue weighted by molar-refractivity contribution is 0.0917. The molecule has 18 heavy (non-hydrogen) atoms. The Labute approximate surface area is 129 Å². The molecule has 0 aliphatic rings. The van der Waals surface area contributed by atoms with E-state index in [1.54, 1.807) is 0 Å². The zero-order chi connectivity index (χ0) is 13.4. The van der Waals surface area contributed by atoms with Crippen LogP contribution in [0.25, 0.3) is 0 Å². The molecule has 1 rings (SSSR count). The number of carbonyl (C=O) groups excluding carboxylic acids is 1. The number of ether oxygens (including phenoxy) is 1. The van der Waals surface area contributed by atoms with Gasteiger partial charge in [0.2, 0.25) is 0 Å². The highest BCUT2D eigenvalue weighted by Crippen LogP contribution is 2.18. The Kier molecular flexibility index (Phi) is 7.53. The highest BCUT2D eigenvalue weighted by Gasteiger charge is 2.09. The molecule has 0 bridgehead atoms. The summed E-state index contributed by atoms with van der Waals surface area (Å²) in [5.74, 6) is -0.0759. The summed E-state index contributed by atoms with van der Waals surface area (Å²) < 4.78 is 7.15. The van der Waals surface area contributed by atoms with Crippen molar-refractivity contribution in [1.29, 1.82) is 0 Å². The van der Waals surface area contributed by atoms with Crippen molar-refractivity contribution in [3.8, 4) is 0 Å². The highest BCUT2D eigenvalue weighted by atomic mass is 127. The van der Waals surface area contributed by atoms with Gasteiger partial charge in [-0.3, -0.25) is 4.79 Å². The number of rotatable bonds is 7. The molecule has 0 aliphatic carbocycles. The Morgan fingerprint density at radius 3 is 3.00 bits per heavy atom. The lowest BCUT2D eigenvalue weighted by Gasteiger charge is -2.07. The lowest BCUT2D eigenvalue weighted by atomic mass is 10.2. The zero-order valence-corrected chi connectivity index (χ0v) is 13.7. The molecule has 0 fully saturated rings. The van der Waals surface area contributed by atoms with Gasteiger partial charge < -0.3 is 10.1 Å². The van der Waals surface area contributed by atoms with Crippen molar-refractivity contribution >= 4 is 44.4 Å². The van der Waals surface area contributed by atoms with Gasteiger partial charge in [0.15, 0.2) is 0 Å². The fraction of sp³-hybridized carbons (Fsp3) is 0.308. The molecule has 5 heteroatoms. The first kappa shape index (κ1) is 15.7. The summed E-state index contributed by atoms with van der Waals surface area (Å²) >= 11 is 5.51. The third-order valence-corrected chi connectivity index (χ3v) is 3.61. The van der Waals surface area contributed by atoms with Gasteiger partial charge in [-0.2, -0.15) is 0 Å². The van der Waals surface area contributed by atoms with Gasteiger partial charge in [0.05, 0.1) is 18.8 Å². The van der Waals surface area contributed by atoms with E-state index in [1.807, 2.05) is 24.3 Å². The molecule has 1 amide bonds. The first-order chi connectivity index (χ1) is 8.65. The zero-order valence-electron chi connectivity index (χ0n) is 9.92. The summed E-state index contributed by atoms with van der Waals surface area (Å²) in [5, 5.41) is 2.83. The van der Waals surface area contributed by atoms with Crippen molar-refractivity contribution in [3.63, 3.8) is 0 Å². The molecule has 0 saturated heterocycles. The molecule has 98 valence electrons. The van der Waals surface area contributed by atoms with E-state index in [1.165, 1.54) is 0 Å². The fourth-order valence-electron chi connectivity index (χ4n) is 1.27. The quantitative estimate of drug-likeness (QED) is 0.414. The molecule has 1 aromatic rings. The van der Waals surface area contributed by atoms with Crippen LogP contribution in [0.1, 0.15) is 16.8 Å². The van der Waals surface area contributed by atoms with Crippen LogP contribution in [0, 0.1) is 3.57 Å². The minimum Gasteiger partial charge on any atom is -0.379 e. The largest absolute Gasteiger partial charge is 0.379 e. The lowest BCUT2D eigenvalue weighted by Crippen LogP contribution is -2.28. The van der Waals surface area contributed by atoms with Crippen LogP contribution in [0.15, 0.2) is 35.3 Å². The maximum Gasteiger partial charge on any atom is 0.252 e. The van der Waals surface area contributed by atoms with Crippen LogP contribution in [0.3, 0.4) is 0 Å². The van der Waals surface area contributed by atoms with E-state index in [9.17, 15) is 4.79 Å². The average Bonchev–Trinajstić information content (AvgIpc) is 2.36. The van der Waals surface area contributed by atoms with Crippen molar-refractivity contribution in [2.45, 2.75) is 6.42 Å². The molecule has 0 heterocycles. The first-order valence-electron chi connectivity index (χ1n) is 5.57. The summed E-state index contributed by atoms with van der Waals surface area (Å²) in [7, 11) is 0. The van der Waals surface area contributed by atoms with E-state index >= 15 is 0 Å². The molecular weight excluding hydrogens is 409 g/mol. The van der Waals surface area contributed by atoms with Crippen LogP contribution >= 0.6 is 38.5 Å². The van der Waals surface area contributed by atoms with E-state index in [-0.39, 0.29) is 5.91 Å². The first-order valence-corrected chi connectivity index (χ1v) is 7.44. The van der Waals surface area contributed by atoms with E-state index in [4.69, 9.17) is 4.74 Å². The third-order valence-electron chi connectivity index (χ3n) is 2.17. The Hall–Kier alpha value is -0.400. The van der Waals surface area contributed by atoms with Crippen molar-refractivity contribution in [1.82, 2.24) is 5.32 Å². The van der Waals surface area contributed by atoms with E-state index in [0.29, 0.717) is 25.3 Å². The van der Waals surface area contributed by atoms with Gasteiger partial charge in [-0.1, -0.05) is 22.0 Å². The average molecular weight is 424 g/mol. The number of hydrogen-bond acceptors (Lipinski definition) is 2. The molecule has 0 aromatic heterocycles. The Morgan fingerprint density at radius 1 is 1.50 bits per heavy atom. The molecule has 1 N–H and O–H groups in total.